The van der Waals surface area contributed by atoms with Gasteiger partial charge in [-0.3, -0.25) is 0 Å². The van der Waals surface area contributed by atoms with Crippen LogP contribution in [0.4, 0.5) is 6.01 Å². The summed E-state index contributed by atoms with van der Waals surface area (Å²) in [7, 11) is 1.35. The number of morpholine rings is 1. The van der Waals surface area contributed by atoms with Gasteiger partial charge < -0.3 is 18.8 Å². The number of methoxy groups -OCH3 is 1. The van der Waals surface area contributed by atoms with Crippen molar-refractivity contribution in [3.8, 4) is 0 Å². The molecule has 19 heavy (non-hydrogen) atoms. The second-order valence-electron chi connectivity index (χ2n) is 4.27. The number of esters is 1. The molecule has 2 aromatic rings. The van der Waals surface area contributed by atoms with Crippen LogP contribution in [0.15, 0.2) is 22.6 Å². The Labute approximate surface area is 109 Å². The molecule has 0 aliphatic carbocycles. The molecule has 0 radical (unpaired) electrons. The number of carbonyl (C=O) groups is 1. The van der Waals surface area contributed by atoms with Gasteiger partial charge in [-0.25, -0.2) is 4.79 Å². The van der Waals surface area contributed by atoms with Gasteiger partial charge in [-0.1, -0.05) is 0 Å². The van der Waals surface area contributed by atoms with Crippen molar-refractivity contribution < 1.29 is 18.7 Å². The molecule has 6 nitrogen and oxygen atoms in total. The number of carbonyl (C=O) groups excluding carboxylic acids is 1. The summed E-state index contributed by atoms with van der Waals surface area (Å²) in [6.07, 6.45) is 0. The van der Waals surface area contributed by atoms with Gasteiger partial charge in [0, 0.05) is 13.1 Å². The van der Waals surface area contributed by atoms with Gasteiger partial charge in [0.25, 0.3) is 6.01 Å². The van der Waals surface area contributed by atoms with E-state index < -0.39 is 0 Å². The molecule has 0 amide bonds. The Morgan fingerprint density at radius 3 is 2.89 bits per heavy atom. The number of hydrogen-bond donors (Lipinski definition) is 0. The maximum Gasteiger partial charge on any atom is 0.337 e. The van der Waals surface area contributed by atoms with Crippen LogP contribution in [0.2, 0.25) is 0 Å². The molecule has 1 aromatic carbocycles. The maximum absolute atomic E-state index is 11.5. The Bertz CT molecular complexity index is 602. The zero-order valence-electron chi connectivity index (χ0n) is 10.6. The fourth-order valence-electron chi connectivity index (χ4n) is 2.05. The molecule has 3 rings (SSSR count). The lowest BCUT2D eigenvalue weighted by molar-refractivity contribution is 0.0601. The predicted octanol–water partition coefficient (Wildman–Crippen LogP) is 1.45. The first-order valence-corrected chi connectivity index (χ1v) is 6.09. The maximum atomic E-state index is 11.5. The lowest BCUT2D eigenvalue weighted by atomic mass is 10.2. The molecule has 0 spiro atoms. The molecule has 0 unspecified atom stereocenters. The van der Waals surface area contributed by atoms with E-state index in [-0.39, 0.29) is 5.97 Å². The lowest BCUT2D eigenvalue weighted by Gasteiger charge is -2.24. The number of oxazole rings is 1. The molecule has 2 heterocycles. The van der Waals surface area contributed by atoms with Crippen LogP contribution in [0.5, 0.6) is 0 Å². The van der Waals surface area contributed by atoms with E-state index in [0.29, 0.717) is 30.4 Å². The Kier molecular flexibility index (Phi) is 3.08. The first-order valence-electron chi connectivity index (χ1n) is 6.09. The average molecular weight is 262 g/mol. The van der Waals surface area contributed by atoms with Crippen LogP contribution in [0.1, 0.15) is 10.4 Å². The van der Waals surface area contributed by atoms with Crippen LogP contribution in [0.25, 0.3) is 11.1 Å². The molecule has 100 valence electrons. The molecule has 0 saturated carbocycles. The van der Waals surface area contributed by atoms with Gasteiger partial charge in [0.1, 0.15) is 5.52 Å². The molecule has 0 atom stereocenters. The molecule has 1 aliphatic heterocycles. The second-order valence-corrected chi connectivity index (χ2v) is 4.27. The monoisotopic (exact) mass is 262 g/mol. The van der Waals surface area contributed by atoms with Gasteiger partial charge in [-0.15, -0.1) is 0 Å². The van der Waals surface area contributed by atoms with E-state index in [9.17, 15) is 4.79 Å². The van der Waals surface area contributed by atoms with Crippen molar-refractivity contribution in [1.82, 2.24) is 4.98 Å². The molecular formula is C13H14N2O4. The predicted molar refractivity (Wildman–Crippen MR) is 68.4 cm³/mol. The summed E-state index contributed by atoms with van der Waals surface area (Å²) in [6.45, 7) is 2.87. The van der Waals surface area contributed by atoms with Gasteiger partial charge >= 0.3 is 5.97 Å². The minimum absolute atomic E-state index is 0.383. The lowest BCUT2D eigenvalue weighted by Crippen LogP contribution is -2.36. The number of aromatic nitrogens is 1. The minimum Gasteiger partial charge on any atom is -0.465 e. The quantitative estimate of drug-likeness (QED) is 0.763. The zero-order valence-corrected chi connectivity index (χ0v) is 10.6. The molecule has 1 aromatic heterocycles. The van der Waals surface area contributed by atoms with Crippen molar-refractivity contribution in [2.45, 2.75) is 0 Å². The van der Waals surface area contributed by atoms with Crippen LogP contribution in [0, 0.1) is 0 Å². The smallest absolute Gasteiger partial charge is 0.337 e. The van der Waals surface area contributed by atoms with E-state index >= 15 is 0 Å². The Morgan fingerprint density at radius 2 is 2.16 bits per heavy atom. The fourth-order valence-corrected chi connectivity index (χ4v) is 2.05. The first kappa shape index (κ1) is 12.0. The summed E-state index contributed by atoms with van der Waals surface area (Å²) in [4.78, 5) is 17.9. The number of anilines is 1. The molecular weight excluding hydrogens is 248 g/mol. The normalized spacial score (nSPS) is 15.7. The third-order valence-electron chi connectivity index (χ3n) is 3.08. The van der Waals surface area contributed by atoms with Gasteiger partial charge in [0.2, 0.25) is 0 Å². The number of nitrogens with zero attached hydrogens (tertiary/aromatic N) is 2. The largest absolute Gasteiger partial charge is 0.465 e. The van der Waals surface area contributed by atoms with Gasteiger partial charge in [0.15, 0.2) is 5.58 Å². The number of rotatable bonds is 2. The van der Waals surface area contributed by atoms with Crippen LogP contribution >= 0.6 is 0 Å². The summed E-state index contributed by atoms with van der Waals surface area (Å²) in [5.41, 5.74) is 1.78. The third-order valence-corrected chi connectivity index (χ3v) is 3.08. The highest BCUT2D eigenvalue weighted by molar-refractivity contribution is 5.93. The SMILES string of the molecule is COC(=O)c1ccc2nc(N3CCOCC3)oc2c1. The zero-order chi connectivity index (χ0) is 13.2. The number of benzene rings is 1. The van der Waals surface area contributed by atoms with E-state index in [0.717, 1.165) is 18.6 Å². The third kappa shape index (κ3) is 2.26. The van der Waals surface area contributed by atoms with Gasteiger partial charge in [0.05, 0.1) is 25.9 Å². The van der Waals surface area contributed by atoms with E-state index in [2.05, 4.69) is 9.72 Å². The minimum atomic E-state index is -0.383. The van der Waals surface area contributed by atoms with Crippen molar-refractivity contribution in [3.63, 3.8) is 0 Å². The topological polar surface area (TPSA) is 64.8 Å². The Hall–Kier alpha value is -2.08. The van der Waals surface area contributed by atoms with Gasteiger partial charge in [-0.2, -0.15) is 4.98 Å². The summed E-state index contributed by atoms with van der Waals surface area (Å²) in [5, 5.41) is 0. The average Bonchev–Trinajstić information content (AvgIpc) is 2.90. The summed E-state index contributed by atoms with van der Waals surface area (Å²) in [5.74, 6) is -0.383. The molecule has 6 heteroatoms. The van der Waals surface area contributed by atoms with Crippen molar-refractivity contribution in [3.05, 3.63) is 23.8 Å². The van der Waals surface area contributed by atoms with Crippen molar-refractivity contribution in [2.24, 2.45) is 0 Å². The van der Waals surface area contributed by atoms with E-state index in [1.54, 1.807) is 18.2 Å². The standard InChI is InChI=1S/C13H14N2O4/c1-17-12(16)9-2-3-10-11(8-9)19-13(14-10)15-4-6-18-7-5-15/h2-3,8H,4-7H2,1H3. The number of ether oxygens (including phenoxy) is 2. The summed E-state index contributed by atoms with van der Waals surface area (Å²) >= 11 is 0. The number of fused-ring (bicyclic) bond motifs is 1. The van der Waals surface area contributed by atoms with E-state index in [1.165, 1.54) is 7.11 Å². The highest BCUT2D eigenvalue weighted by Gasteiger charge is 2.17. The Morgan fingerprint density at radius 1 is 1.37 bits per heavy atom. The molecule has 0 N–H and O–H groups in total. The van der Waals surface area contributed by atoms with E-state index in [4.69, 9.17) is 9.15 Å². The van der Waals surface area contributed by atoms with Crippen molar-refractivity contribution in [1.29, 1.82) is 0 Å². The van der Waals surface area contributed by atoms with Crippen LogP contribution < -0.4 is 4.90 Å². The second kappa shape index (κ2) is 4.89. The fraction of sp³-hybridized carbons (Fsp3) is 0.385. The Balaban J connectivity index is 1.93. The first-order chi connectivity index (χ1) is 9.28. The summed E-state index contributed by atoms with van der Waals surface area (Å²) in [6, 6.07) is 5.66. The molecule has 1 fully saturated rings. The van der Waals surface area contributed by atoms with Crippen LogP contribution in [-0.2, 0) is 9.47 Å². The van der Waals surface area contributed by atoms with Crippen LogP contribution in [0.3, 0.4) is 0 Å². The molecule has 0 bridgehead atoms. The van der Waals surface area contributed by atoms with Crippen molar-refractivity contribution >= 4 is 23.1 Å². The van der Waals surface area contributed by atoms with Crippen molar-refractivity contribution in [2.75, 3.05) is 38.3 Å². The van der Waals surface area contributed by atoms with E-state index in [1.807, 2.05) is 4.90 Å². The highest BCUT2D eigenvalue weighted by Crippen LogP contribution is 2.23. The molecule has 1 aliphatic rings. The summed E-state index contributed by atoms with van der Waals surface area (Å²) < 4.78 is 15.7. The van der Waals surface area contributed by atoms with Gasteiger partial charge in [-0.05, 0) is 18.2 Å². The molecule has 1 saturated heterocycles. The van der Waals surface area contributed by atoms with Crippen LogP contribution in [-0.4, -0.2) is 44.4 Å². The number of hydrogen-bond acceptors (Lipinski definition) is 6. The highest BCUT2D eigenvalue weighted by atomic mass is 16.5.